The van der Waals surface area contributed by atoms with Crippen molar-refractivity contribution >= 4 is 11.8 Å². The lowest BCUT2D eigenvalue weighted by Crippen LogP contribution is -2.56. The Labute approximate surface area is 141 Å². The molecule has 0 radical (unpaired) electrons. The fourth-order valence-electron chi connectivity index (χ4n) is 4.15. The minimum atomic E-state index is -0.240. The second-order valence-electron chi connectivity index (χ2n) is 6.87. The zero-order valence-electron chi connectivity index (χ0n) is 14.3. The first kappa shape index (κ1) is 17.0. The summed E-state index contributed by atoms with van der Waals surface area (Å²) in [6.07, 6.45) is 4.47. The van der Waals surface area contributed by atoms with Crippen LogP contribution in [-0.4, -0.2) is 54.7 Å². The summed E-state index contributed by atoms with van der Waals surface area (Å²) in [5.74, 6) is 0.198. The first-order valence-corrected chi connectivity index (χ1v) is 8.56. The fourth-order valence-corrected chi connectivity index (χ4v) is 4.15. The number of hydrogen-bond acceptors (Lipinski definition) is 5. The average molecular weight is 335 g/mol. The molecule has 7 nitrogen and oxygen atoms in total. The summed E-state index contributed by atoms with van der Waals surface area (Å²) in [5.41, 5.74) is 0.651. The lowest BCUT2D eigenvalue weighted by atomic mass is 9.74. The van der Waals surface area contributed by atoms with Crippen molar-refractivity contribution in [2.24, 2.45) is 5.41 Å². The van der Waals surface area contributed by atoms with Gasteiger partial charge in [0, 0.05) is 44.1 Å². The summed E-state index contributed by atoms with van der Waals surface area (Å²) in [7, 11) is 1.65. The molecule has 1 N–H and O–H groups in total. The van der Waals surface area contributed by atoms with Crippen LogP contribution in [0.25, 0.3) is 0 Å². The number of ether oxygens (including phenoxy) is 1. The Morgan fingerprint density at radius 2 is 2.38 bits per heavy atom. The van der Waals surface area contributed by atoms with Crippen LogP contribution in [0.2, 0.25) is 0 Å². The summed E-state index contributed by atoms with van der Waals surface area (Å²) in [6, 6.07) is 1.82. The van der Waals surface area contributed by atoms with Crippen LogP contribution in [0.4, 0.5) is 0 Å². The van der Waals surface area contributed by atoms with Crippen molar-refractivity contribution in [3.8, 4) is 0 Å². The van der Waals surface area contributed by atoms with Gasteiger partial charge in [0.05, 0.1) is 12.3 Å². The van der Waals surface area contributed by atoms with Crippen molar-refractivity contribution in [1.82, 2.24) is 15.4 Å². The minimum absolute atomic E-state index is 0.0353. The highest BCUT2D eigenvalue weighted by atomic mass is 16.5. The van der Waals surface area contributed by atoms with Crippen molar-refractivity contribution in [2.75, 3.05) is 26.8 Å². The van der Waals surface area contributed by atoms with Crippen molar-refractivity contribution in [1.29, 1.82) is 0 Å². The van der Waals surface area contributed by atoms with Gasteiger partial charge in [-0.1, -0.05) is 11.6 Å². The molecule has 1 aliphatic heterocycles. The maximum Gasteiger partial charge on any atom is 0.289 e. The summed E-state index contributed by atoms with van der Waals surface area (Å²) in [5, 5.41) is 6.74. The van der Waals surface area contributed by atoms with E-state index in [0.717, 1.165) is 25.7 Å². The first-order valence-electron chi connectivity index (χ1n) is 8.56. The van der Waals surface area contributed by atoms with Gasteiger partial charge in [-0.05, 0) is 26.2 Å². The second-order valence-corrected chi connectivity index (χ2v) is 6.87. The third kappa shape index (κ3) is 3.17. The molecular formula is C17H25N3O4. The van der Waals surface area contributed by atoms with Crippen LogP contribution < -0.4 is 5.32 Å². The summed E-state index contributed by atoms with van der Waals surface area (Å²) in [6.45, 7) is 3.51. The molecule has 132 valence electrons. The van der Waals surface area contributed by atoms with Gasteiger partial charge in [-0.15, -0.1) is 0 Å². The molecule has 0 bridgehead atoms. The molecule has 2 aliphatic rings. The van der Waals surface area contributed by atoms with Crippen LogP contribution in [0.3, 0.4) is 0 Å². The summed E-state index contributed by atoms with van der Waals surface area (Å²) in [4.78, 5) is 26.5. The van der Waals surface area contributed by atoms with Crippen molar-refractivity contribution in [2.45, 2.75) is 45.1 Å². The standard InChI is InChI=1S/C17H25N3O4/c1-12-10-13(24-19-12)16(22)18-11-17-6-3-4-14(17)20(8-9-23-2)15(21)5-7-17/h10,14H,3-9,11H2,1-2H3,(H,18,22)/t14-,17+/m1/s1. The molecule has 0 unspecified atom stereocenters. The summed E-state index contributed by atoms with van der Waals surface area (Å²) < 4.78 is 10.2. The van der Waals surface area contributed by atoms with Gasteiger partial charge in [0.15, 0.2) is 0 Å². The first-order chi connectivity index (χ1) is 11.6. The number of methoxy groups -OCH3 is 1. The van der Waals surface area contributed by atoms with Crippen molar-refractivity contribution in [3.63, 3.8) is 0 Å². The van der Waals surface area contributed by atoms with E-state index in [4.69, 9.17) is 9.26 Å². The number of carbonyl (C=O) groups excluding carboxylic acids is 2. The van der Waals surface area contributed by atoms with Gasteiger partial charge in [-0.2, -0.15) is 0 Å². The van der Waals surface area contributed by atoms with E-state index < -0.39 is 0 Å². The number of nitrogens with one attached hydrogen (secondary N) is 1. The lowest BCUT2D eigenvalue weighted by molar-refractivity contribution is -0.142. The van der Waals surface area contributed by atoms with Crippen LogP contribution in [0.5, 0.6) is 0 Å². The Morgan fingerprint density at radius 1 is 1.54 bits per heavy atom. The number of carbonyl (C=O) groups is 2. The van der Waals surface area contributed by atoms with Crippen LogP contribution in [0.1, 0.15) is 48.4 Å². The zero-order chi connectivity index (χ0) is 17.2. The van der Waals surface area contributed by atoms with E-state index in [9.17, 15) is 9.59 Å². The number of nitrogens with zero attached hydrogens (tertiary/aromatic N) is 2. The molecule has 1 aromatic rings. The number of aryl methyl sites for hydroxylation is 1. The van der Waals surface area contributed by atoms with Crippen LogP contribution in [0, 0.1) is 12.3 Å². The van der Waals surface area contributed by atoms with Gasteiger partial charge < -0.3 is 19.5 Å². The third-order valence-corrected chi connectivity index (χ3v) is 5.38. The van der Waals surface area contributed by atoms with Gasteiger partial charge in [-0.25, -0.2) is 0 Å². The number of piperidine rings is 1. The highest BCUT2D eigenvalue weighted by Crippen LogP contribution is 2.47. The molecule has 2 atom stereocenters. The molecule has 1 saturated heterocycles. The van der Waals surface area contributed by atoms with E-state index in [1.807, 2.05) is 4.90 Å². The van der Waals surface area contributed by atoms with Crippen LogP contribution >= 0.6 is 0 Å². The Morgan fingerprint density at radius 3 is 3.08 bits per heavy atom. The van der Waals surface area contributed by atoms with Gasteiger partial charge in [0.1, 0.15) is 0 Å². The molecule has 1 saturated carbocycles. The topological polar surface area (TPSA) is 84.7 Å². The SMILES string of the molecule is COCCN1C(=O)CC[C@]2(CNC(=O)c3cc(C)no3)CCC[C@@H]12. The lowest BCUT2D eigenvalue weighted by Gasteiger charge is -2.46. The molecule has 1 aromatic heterocycles. The molecule has 0 aromatic carbocycles. The monoisotopic (exact) mass is 335 g/mol. The highest BCUT2D eigenvalue weighted by Gasteiger charge is 2.50. The Balaban J connectivity index is 1.68. The normalized spacial score (nSPS) is 26.5. The maximum absolute atomic E-state index is 12.3. The minimum Gasteiger partial charge on any atom is -0.383 e. The van der Waals surface area contributed by atoms with Gasteiger partial charge in [0.25, 0.3) is 5.91 Å². The molecule has 2 heterocycles. The molecule has 2 fully saturated rings. The van der Waals surface area contributed by atoms with Gasteiger partial charge >= 0.3 is 0 Å². The van der Waals surface area contributed by atoms with Crippen LogP contribution in [-0.2, 0) is 9.53 Å². The Hall–Kier alpha value is -1.89. The Kier molecular flexibility index (Phi) is 4.89. The molecule has 24 heavy (non-hydrogen) atoms. The number of aromatic nitrogens is 1. The molecule has 0 spiro atoms. The van der Waals surface area contributed by atoms with E-state index >= 15 is 0 Å². The van der Waals surface area contributed by atoms with E-state index in [2.05, 4.69) is 10.5 Å². The smallest absolute Gasteiger partial charge is 0.289 e. The number of amides is 2. The largest absolute Gasteiger partial charge is 0.383 e. The molecule has 1 aliphatic carbocycles. The highest BCUT2D eigenvalue weighted by molar-refractivity contribution is 5.91. The Bertz CT molecular complexity index is 615. The predicted octanol–water partition coefficient (Wildman–Crippen LogP) is 1.52. The molecule has 7 heteroatoms. The maximum atomic E-state index is 12.3. The number of rotatable bonds is 6. The quantitative estimate of drug-likeness (QED) is 0.852. The fraction of sp³-hybridized carbons (Fsp3) is 0.706. The molecular weight excluding hydrogens is 310 g/mol. The van der Waals surface area contributed by atoms with E-state index in [-0.39, 0.29) is 29.0 Å². The van der Waals surface area contributed by atoms with E-state index in [1.54, 1.807) is 20.1 Å². The van der Waals surface area contributed by atoms with E-state index in [1.165, 1.54) is 0 Å². The summed E-state index contributed by atoms with van der Waals surface area (Å²) >= 11 is 0. The molecule has 2 amide bonds. The van der Waals surface area contributed by atoms with Gasteiger partial charge in [0.2, 0.25) is 11.7 Å². The van der Waals surface area contributed by atoms with Crippen LogP contribution in [0.15, 0.2) is 10.6 Å². The average Bonchev–Trinajstić information content (AvgIpc) is 3.19. The van der Waals surface area contributed by atoms with Crippen molar-refractivity contribution < 1.29 is 18.8 Å². The van der Waals surface area contributed by atoms with E-state index in [0.29, 0.717) is 31.8 Å². The number of fused-ring (bicyclic) bond motifs is 1. The van der Waals surface area contributed by atoms with Gasteiger partial charge in [-0.3, -0.25) is 9.59 Å². The number of hydrogen-bond donors (Lipinski definition) is 1. The molecule has 3 rings (SSSR count). The second kappa shape index (κ2) is 6.93. The van der Waals surface area contributed by atoms with Crippen molar-refractivity contribution in [3.05, 3.63) is 17.5 Å². The third-order valence-electron chi connectivity index (χ3n) is 5.38. The number of likely N-dealkylation sites (tertiary alicyclic amines) is 1. The predicted molar refractivity (Wildman–Crippen MR) is 86.5 cm³/mol. The zero-order valence-corrected chi connectivity index (χ0v) is 14.3.